The molecule has 0 bridgehead atoms. The minimum absolute atomic E-state index is 0.0127. The molecule has 3 aromatic rings. The Morgan fingerprint density at radius 3 is 2.63 bits per heavy atom. The molecule has 0 aliphatic carbocycles. The molecule has 0 aliphatic rings. The number of benzene rings is 1. The third-order valence-electron chi connectivity index (χ3n) is 3.83. The second-order valence-electron chi connectivity index (χ2n) is 5.63. The Bertz CT molecular complexity index is 951. The molecule has 8 nitrogen and oxygen atoms in total. The van der Waals surface area contributed by atoms with Crippen molar-refractivity contribution in [3.05, 3.63) is 29.6 Å². The van der Waals surface area contributed by atoms with Gasteiger partial charge < -0.3 is 19.5 Å². The molecule has 0 spiro atoms. The monoisotopic (exact) mass is 388 g/mol. The topological polar surface area (TPSA) is 87.5 Å². The minimum Gasteiger partial charge on any atom is -0.493 e. The van der Waals surface area contributed by atoms with Gasteiger partial charge in [0.05, 0.1) is 19.9 Å². The van der Waals surface area contributed by atoms with Crippen molar-refractivity contribution in [3.8, 4) is 33.5 Å². The Kier molecular flexibility index (Phi) is 5.72. The lowest BCUT2D eigenvalue weighted by atomic mass is 10.1. The Morgan fingerprint density at radius 2 is 1.93 bits per heavy atom. The molecule has 1 amide bonds. The molecule has 1 aromatic carbocycles. The van der Waals surface area contributed by atoms with E-state index in [1.54, 1.807) is 32.0 Å². The van der Waals surface area contributed by atoms with E-state index in [-0.39, 0.29) is 12.5 Å². The van der Waals surface area contributed by atoms with Crippen LogP contribution in [0.15, 0.2) is 29.6 Å². The molecule has 0 saturated heterocycles. The molecule has 0 radical (unpaired) electrons. The number of ether oxygens (including phenoxy) is 3. The minimum atomic E-state index is -0.239. The quantitative estimate of drug-likeness (QED) is 0.670. The number of carbonyl (C=O) groups excluding carboxylic acids is 1. The average Bonchev–Trinajstić information content (AvgIpc) is 3.29. The van der Waals surface area contributed by atoms with Gasteiger partial charge in [0.25, 0.3) is 5.91 Å². The van der Waals surface area contributed by atoms with Gasteiger partial charge in [-0.15, -0.1) is 11.3 Å². The summed E-state index contributed by atoms with van der Waals surface area (Å²) in [5.41, 5.74) is 2.41. The van der Waals surface area contributed by atoms with Crippen LogP contribution in [0.2, 0.25) is 0 Å². The van der Waals surface area contributed by atoms with Crippen LogP contribution >= 0.6 is 11.3 Å². The van der Waals surface area contributed by atoms with E-state index < -0.39 is 0 Å². The van der Waals surface area contributed by atoms with Crippen molar-refractivity contribution in [2.45, 2.75) is 0 Å². The van der Waals surface area contributed by atoms with Crippen LogP contribution in [0.25, 0.3) is 22.0 Å². The van der Waals surface area contributed by atoms with Crippen molar-refractivity contribution in [3.63, 3.8) is 0 Å². The first-order valence-corrected chi connectivity index (χ1v) is 8.94. The Morgan fingerprint density at radius 1 is 1.15 bits per heavy atom. The van der Waals surface area contributed by atoms with Crippen LogP contribution in [0.4, 0.5) is 5.82 Å². The number of hydrogen-bond acceptors (Lipinski definition) is 7. The summed E-state index contributed by atoms with van der Waals surface area (Å²) in [4.78, 5) is 16.4. The maximum absolute atomic E-state index is 11.7. The number of methoxy groups -OCH3 is 3. The molecule has 0 saturated carbocycles. The van der Waals surface area contributed by atoms with Crippen LogP contribution in [0.1, 0.15) is 0 Å². The zero-order valence-corrected chi connectivity index (χ0v) is 16.3. The number of thiazole rings is 1. The van der Waals surface area contributed by atoms with Crippen molar-refractivity contribution in [1.29, 1.82) is 0 Å². The molecule has 0 atom stereocenters. The molecular formula is C18H20N4O4S. The lowest BCUT2D eigenvalue weighted by molar-refractivity contribution is -0.119. The lowest BCUT2D eigenvalue weighted by Gasteiger charge is -2.08. The smallest absolute Gasteiger partial charge is 0.251 e. The molecular weight excluding hydrogens is 368 g/mol. The third-order valence-corrected chi connectivity index (χ3v) is 4.69. The van der Waals surface area contributed by atoms with Gasteiger partial charge in [-0.05, 0) is 18.2 Å². The fourth-order valence-corrected chi connectivity index (χ4v) is 3.30. The highest BCUT2D eigenvalue weighted by Crippen LogP contribution is 2.34. The van der Waals surface area contributed by atoms with Gasteiger partial charge in [0.1, 0.15) is 23.1 Å². The highest BCUT2D eigenvalue weighted by atomic mass is 32.1. The first-order chi connectivity index (χ1) is 13.0. The second-order valence-corrected chi connectivity index (χ2v) is 6.49. The van der Waals surface area contributed by atoms with E-state index in [0.29, 0.717) is 23.0 Å². The summed E-state index contributed by atoms with van der Waals surface area (Å²) in [6.07, 6.45) is 0. The van der Waals surface area contributed by atoms with Crippen LogP contribution in [-0.2, 0) is 16.6 Å². The Balaban J connectivity index is 1.85. The van der Waals surface area contributed by atoms with E-state index >= 15 is 0 Å². The lowest BCUT2D eigenvalue weighted by Crippen LogP contribution is -2.18. The molecule has 142 valence electrons. The van der Waals surface area contributed by atoms with E-state index in [0.717, 1.165) is 16.3 Å². The summed E-state index contributed by atoms with van der Waals surface area (Å²) in [6.45, 7) is -0.0127. The molecule has 0 unspecified atom stereocenters. The third kappa shape index (κ3) is 4.09. The molecule has 9 heteroatoms. The molecule has 1 N–H and O–H groups in total. The van der Waals surface area contributed by atoms with Gasteiger partial charge in [-0.2, -0.15) is 5.10 Å². The number of amides is 1. The Labute approximate surface area is 160 Å². The summed E-state index contributed by atoms with van der Waals surface area (Å²) in [6, 6.07) is 7.43. The zero-order valence-electron chi connectivity index (χ0n) is 15.5. The first-order valence-electron chi connectivity index (χ1n) is 8.06. The van der Waals surface area contributed by atoms with Crippen LogP contribution in [0.5, 0.6) is 11.5 Å². The number of carbonyl (C=O) groups is 1. The van der Waals surface area contributed by atoms with Gasteiger partial charge in [-0.3, -0.25) is 9.48 Å². The van der Waals surface area contributed by atoms with Gasteiger partial charge in [-0.25, -0.2) is 4.98 Å². The standard InChI is InChI=1S/C18H20N4O4S/c1-22-16(20-17(23)9-24-2)8-12(21-22)18-19-13(10-27-18)11-5-6-14(25-3)15(7-11)26-4/h5-8,10H,9H2,1-4H3,(H,20,23). The number of aromatic nitrogens is 3. The van der Waals surface area contributed by atoms with Crippen molar-refractivity contribution in [1.82, 2.24) is 14.8 Å². The molecule has 2 heterocycles. The number of anilines is 1. The zero-order chi connectivity index (χ0) is 19.4. The first kappa shape index (κ1) is 18.9. The number of hydrogen-bond donors (Lipinski definition) is 1. The maximum Gasteiger partial charge on any atom is 0.251 e. The molecule has 0 fully saturated rings. The predicted octanol–water partition coefficient (Wildman–Crippen LogP) is 2.81. The molecule has 0 aliphatic heterocycles. The van der Waals surface area contributed by atoms with E-state index in [1.165, 1.54) is 18.4 Å². The van der Waals surface area contributed by atoms with Crippen molar-refractivity contribution < 1.29 is 19.0 Å². The van der Waals surface area contributed by atoms with Crippen molar-refractivity contribution in [2.24, 2.45) is 7.05 Å². The number of nitrogens with one attached hydrogen (secondary N) is 1. The number of rotatable bonds is 7. The van der Waals surface area contributed by atoms with Crippen LogP contribution in [0, 0.1) is 0 Å². The van der Waals surface area contributed by atoms with E-state index in [1.807, 2.05) is 23.6 Å². The van der Waals surface area contributed by atoms with E-state index in [2.05, 4.69) is 15.4 Å². The van der Waals surface area contributed by atoms with Crippen LogP contribution in [-0.4, -0.2) is 48.6 Å². The molecule has 27 heavy (non-hydrogen) atoms. The number of aryl methyl sites for hydroxylation is 1. The van der Waals surface area contributed by atoms with E-state index in [4.69, 9.17) is 14.2 Å². The van der Waals surface area contributed by atoms with Crippen LogP contribution < -0.4 is 14.8 Å². The normalized spacial score (nSPS) is 10.7. The molecule has 3 rings (SSSR count). The van der Waals surface area contributed by atoms with E-state index in [9.17, 15) is 4.79 Å². The largest absolute Gasteiger partial charge is 0.493 e. The summed E-state index contributed by atoms with van der Waals surface area (Å²) in [5, 5.41) is 9.88. The molecule has 2 aromatic heterocycles. The highest BCUT2D eigenvalue weighted by Gasteiger charge is 2.14. The van der Waals surface area contributed by atoms with Gasteiger partial charge in [0.15, 0.2) is 11.5 Å². The average molecular weight is 388 g/mol. The van der Waals surface area contributed by atoms with Gasteiger partial charge in [0, 0.05) is 31.2 Å². The van der Waals surface area contributed by atoms with Gasteiger partial charge >= 0.3 is 0 Å². The summed E-state index contributed by atoms with van der Waals surface area (Å²) in [5.74, 6) is 1.65. The number of nitrogens with zero attached hydrogens (tertiary/aromatic N) is 3. The summed E-state index contributed by atoms with van der Waals surface area (Å²) in [7, 11) is 6.43. The summed E-state index contributed by atoms with van der Waals surface area (Å²) >= 11 is 1.48. The fraction of sp³-hybridized carbons (Fsp3) is 0.278. The Hall–Kier alpha value is -2.91. The van der Waals surface area contributed by atoms with Gasteiger partial charge in [0.2, 0.25) is 0 Å². The highest BCUT2D eigenvalue weighted by molar-refractivity contribution is 7.13. The second kappa shape index (κ2) is 8.19. The van der Waals surface area contributed by atoms with Crippen molar-refractivity contribution >= 4 is 23.1 Å². The summed E-state index contributed by atoms with van der Waals surface area (Å²) < 4.78 is 17.0. The fourth-order valence-electron chi connectivity index (χ4n) is 2.52. The SMILES string of the molecule is COCC(=O)Nc1cc(-c2nc(-c3ccc(OC)c(OC)c3)cs2)nn1C. The maximum atomic E-state index is 11.7. The predicted molar refractivity (Wildman–Crippen MR) is 103 cm³/mol. The van der Waals surface area contributed by atoms with Crippen molar-refractivity contribution in [2.75, 3.05) is 33.3 Å². The van der Waals surface area contributed by atoms with Crippen LogP contribution in [0.3, 0.4) is 0 Å². The van der Waals surface area contributed by atoms with Gasteiger partial charge in [-0.1, -0.05) is 0 Å².